The Kier molecular flexibility index (Phi) is 5.44. The Hall–Kier alpha value is -3.61. The first-order valence-corrected chi connectivity index (χ1v) is 8.64. The number of aliphatic carboxylic acids is 1. The van der Waals surface area contributed by atoms with E-state index in [1.54, 1.807) is 54.6 Å². The van der Waals surface area contributed by atoms with E-state index in [9.17, 15) is 19.5 Å². The van der Waals surface area contributed by atoms with Gasteiger partial charge in [-0.3, -0.25) is 14.4 Å². The number of aliphatic hydroxyl groups excluding tert-OH is 1. The summed E-state index contributed by atoms with van der Waals surface area (Å²) in [6, 6.07) is 14.3. The fraction of sp³-hybridized carbons (Fsp3) is 0.190. The van der Waals surface area contributed by atoms with Crippen LogP contribution < -0.4 is 4.74 Å². The molecule has 28 heavy (non-hydrogen) atoms. The molecule has 0 aliphatic carbocycles. The van der Waals surface area contributed by atoms with Crippen LogP contribution in [0.5, 0.6) is 5.75 Å². The van der Waals surface area contributed by atoms with Crippen LogP contribution in [0.3, 0.4) is 0 Å². The Bertz CT molecular complexity index is 950. The number of likely N-dealkylation sites (tertiary alicyclic amines) is 1. The first kappa shape index (κ1) is 19.2. The first-order chi connectivity index (χ1) is 13.5. The summed E-state index contributed by atoms with van der Waals surface area (Å²) in [7, 11) is 1.46. The second-order valence-corrected chi connectivity index (χ2v) is 6.24. The van der Waals surface area contributed by atoms with Crippen LogP contribution in [0.15, 0.2) is 60.2 Å². The topological polar surface area (TPSA) is 104 Å². The van der Waals surface area contributed by atoms with E-state index in [0.717, 1.165) is 0 Å². The number of carbonyl (C=O) groups is 3. The van der Waals surface area contributed by atoms with Gasteiger partial charge in [-0.15, -0.1) is 0 Å². The van der Waals surface area contributed by atoms with Crippen molar-refractivity contribution in [3.63, 3.8) is 0 Å². The van der Waals surface area contributed by atoms with Gasteiger partial charge in [0.2, 0.25) is 0 Å². The maximum Gasteiger partial charge on any atom is 0.305 e. The van der Waals surface area contributed by atoms with Crippen molar-refractivity contribution >= 4 is 23.4 Å². The number of aliphatic hydroxyl groups is 1. The molecule has 2 aromatic carbocycles. The zero-order chi connectivity index (χ0) is 20.3. The molecular formula is C21H19NO6. The predicted molar refractivity (Wildman–Crippen MR) is 101 cm³/mol. The van der Waals surface area contributed by atoms with Gasteiger partial charge >= 0.3 is 5.97 Å². The Balaban J connectivity index is 2.20. The minimum Gasteiger partial charge on any atom is -0.507 e. The van der Waals surface area contributed by atoms with Crippen molar-refractivity contribution in [2.24, 2.45) is 0 Å². The monoisotopic (exact) mass is 381 g/mol. The lowest BCUT2D eigenvalue weighted by molar-refractivity contribution is -0.142. The van der Waals surface area contributed by atoms with Crippen LogP contribution in [-0.2, 0) is 14.4 Å². The quantitative estimate of drug-likeness (QED) is 0.453. The number of amides is 1. The van der Waals surface area contributed by atoms with Crippen LogP contribution >= 0.6 is 0 Å². The van der Waals surface area contributed by atoms with Crippen LogP contribution in [0, 0.1) is 0 Å². The zero-order valence-electron chi connectivity index (χ0n) is 15.2. The summed E-state index contributed by atoms with van der Waals surface area (Å²) in [5, 5.41) is 19.8. The first-order valence-electron chi connectivity index (χ1n) is 8.64. The third-order valence-corrected chi connectivity index (χ3v) is 4.59. The van der Waals surface area contributed by atoms with Crippen LogP contribution in [-0.4, -0.2) is 46.4 Å². The number of carboxylic acids is 1. The predicted octanol–water partition coefficient (Wildman–Crippen LogP) is 2.59. The lowest BCUT2D eigenvalue weighted by Crippen LogP contribution is -2.32. The molecule has 1 aliphatic heterocycles. The molecule has 1 aliphatic rings. The van der Waals surface area contributed by atoms with Gasteiger partial charge in [0, 0.05) is 17.7 Å². The number of Topliss-reactive ketones (excluding diaryl/α,β-unsaturated/α-hetero) is 1. The number of benzene rings is 2. The molecule has 7 heteroatoms. The number of carboxylic acid groups (broad SMARTS) is 1. The molecule has 0 bridgehead atoms. The molecule has 0 unspecified atom stereocenters. The second kappa shape index (κ2) is 7.96. The lowest BCUT2D eigenvalue weighted by Gasteiger charge is -2.26. The minimum atomic E-state index is -1.09. The Morgan fingerprint density at radius 1 is 1.04 bits per heavy atom. The van der Waals surface area contributed by atoms with Crippen molar-refractivity contribution < 1.29 is 29.3 Å². The molecule has 1 atom stereocenters. The summed E-state index contributed by atoms with van der Waals surface area (Å²) in [6.07, 6.45) is -0.329. The Morgan fingerprint density at radius 2 is 1.68 bits per heavy atom. The largest absolute Gasteiger partial charge is 0.507 e. The molecule has 2 aromatic rings. The number of ketones is 1. The number of carbonyl (C=O) groups excluding carboxylic acids is 2. The number of ether oxygens (including phenoxy) is 1. The standard InChI is InChI=1S/C21H19NO6/c1-28-15-10-6-5-9-14(15)18-17(19(25)13-7-3-2-4-8-13)20(26)21(27)22(18)12-11-16(23)24/h2-10,18,25H,11-12H2,1H3,(H,23,24)/t18-/m0/s1. The number of hydrogen-bond acceptors (Lipinski definition) is 5. The highest BCUT2D eigenvalue weighted by Crippen LogP contribution is 2.42. The van der Waals surface area contributed by atoms with Gasteiger partial charge in [0.25, 0.3) is 11.7 Å². The van der Waals surface area contributed by atoms with Gasteiger partial charge in [0.05, 0.1) is 25.1 Å². The highest BCUT2D eigenvalue weighted by molar-refractivity contribution is 6.46. The van der Waals surface area contributed by atoms with E-state index in [1.807, 2.05) is 0 Å². The van der Waals surface area contributed by atoms with Gasteiger partial charge < -0.3 is 19.8 Å². The van der Waals surface area contributed by atoms with E-state index in [4.69, 9.17) is 9.84 Å². The van der Waals surface area contributed by atoms with Crippen molar-refractivity contribution in [1.82, 2.24) is 4.90 Å². The number of hydrogen-bond donors (Lipinski definition) is 2. The summed E-state index contributed by atoms with van der Waals surface area (Å²) in [4.78, 5) is 37.6. The highest BCUT2D eigenvalue weighted by Gasteiger charge is 2.46. The third-order valence-electron chi connectivity index (χ3n) is 4.59. The van der Waals surface area contributed by atoms with E-state index in [1.165, 1.54) is 12.0 Å². The lowest BCUT2D eigenvalue weighted by atomic mass is 9.94. The number of rotatable bonds is 6. The summed E-state index contributed by atoms with van der Waals surface area (Å²) >= 11 is 0. The van der Waals surface area contributed by atoms with Crippen molar-refractivity contribution in [3.8, 4) is 5.75 Å². The SMILES string of the molecule is COc1ccccc1[C@H]1C(=C(O)c2ccccc2)C(=O)C(=O)N1CCC(=O)O. The van der Waals surface area contributed by atoms with Crippen LogP contribution in [0.1, 0.15) is 23.6 Å². The molecular weight excluding hydrogens is 362 g/mol. The van der Waals surface area contributed by atoms with E-state index in [-0.39, 0.29) is 24.3 Å². The van der Waals surface area contributed by atoms with E-state index in [0.29, 0.717) is 16.9 Å². The molecule has 144 valence electrons. The number of para-hydroxylation sites is 1. The number of nitrogens with zero attached hydrogens (tertiary/aromatic N) is 1. The van der Waals surface area contributed by atoms with Crippen LogP contribution in [0.4, 0.5) is 0 Å². The molecule has 0 radical (unpaired) electrons. The molecule has 3 rings (SSSR count). The average molecular weight is 381 g/mol. The summed E-state index contributed by atoms with van der Waals surface area (Å²) < 4.78 is 5.37. The van der Waals surface area contributed by atoms with Gasteiger partial charge in [-0.1, -0.05) is 48.5 Å². The fourth-order valence-electron chi connectivity index (χ4n) is 3.29. The van der Waals surface area contributed by atoms with E-state index >= 15 is 0 Å². The third kappa shape index (κ3) is 3.46. The molecule has 0 saturated carbocycles. The zero-order valence-corrected chi connectivity index (χ0v) is 15.2. The van der Waals surface area contributed by atoms with Gasteiger partial charge in [0.15, 0.2) is 0 Å². The maximum absolute atomic E-state index is 12.8. The maximum atomic E-state index is 12.8. The molecule has 1 saturated heterocycles. The molecule has 0 aromatic heterocycles. The number of methoxy groups -OCH3 is 1. The van der Waals surface area contributed by atoms with Gasteiger partial charge in [0.1, 0.15) is 11.5 Å². The van der Waals surface area contributed by atoms with Crippen LogP contribution in [0.25, 0.3) is 5.76 Å². The summed E-state index contributed by atoms with van der Waals surface area (Å²) in [5.74, 6) is -2.69. The van der Waals surface area contributed by atoms with Crippen molar-refractivity contribution in [2.45, 2.75) is 12.5 Å². The average Bonchev–Trinajstić information content (AvgIpc) is 2.96. The Morgan fingerprint density at radius 3 is 2.32 bits per heavy atom. The summed E-state index contributed by atoms with van der Waals surface area (Å²) in [6.45, 7) is -0.172. The summed E-state index contributed by atoms with van der Waals surface area (Å²) in [5.41, 5.74) is 0.789. The smallest absolute Gasteiger partial charge is 0.305 e. The molecule has 2 N–H and O–H groups in total. The Labute approximate surface area is 161 Å². The molecule has 1 fully saturated rings. The van der Waals surface area contributed by atoms with E-state index in [2.05, 4.69) is 0 Å². The molecule has 1 amide bonds. The van der Waals surface area contributed by atoms with Gasteiger partial charge in [-0.25, -0.2) is 0 Å². The van der Waals surface area contributed by atoms with Gasteiger partial charge in [-0.05, 0) is 6.07 Å². The van der Waals surface area contributed by atoms with Crippen molar-refractivity contribution in [1.29, 1.82) is 0 Å². The van der Waals surface area contributed by atoms with E-state index < -0.39 is 23.7 Å². The van der Waals surface area contributed by atoms with Crippen molar-refractivity contribution in [3.05, 3.63) is 71.3 Å². The van der Waals surface area contributed by atoms with Gasteiger partial charge in [-0.2, -0.15) is 0 Å². The molecule has 7 nitrogen and oxygen atoms in total. The molecule has 0 spiro atoms. The fourth-order valence-corrected chi connectivity index (χ4v) is 3.29. The normalized spacial score (nSPS) is 18.3. The molecule has 1 heterocycles. The minimum absolute atomic E-state index is 0.0916. The highest BCUT2D eigenvalue weighted by atomic mass is 16.5. The van der Waals surface area contributed by atoms with Crippen LogP contribution in [0.2, 0.25) is 0 Å². The second-order valence-electron chi connectivity index (χ2n) is 6.24. The van der Waals surface area contributed by atoms with Crippen molar-refractivity contribution in [2.75, 3.05) is 13.7 Å².